The summed E-state index contributed by atoms with van der Waals surface area (Å²) in [6.45, 7) is 3.81. The minimum Gasteiger partial charge on any atom is -0.473 e. The van der Waals surface area contributed by atoms with Crippen molar-refractivity contribution in [2.75, 3.05) is 0 Å². The van der Waals surface area contributed by atoms with Gasteiger partial charge in [-0.25, -0.2) is 0 Å². The lowest BCUT2D eigenvalue weighted by Gasteiger charge is -2.21. The smallest absolute Gasteiger partial charge is 0.0999 e. The molecule has 0 heterocycles. The van der Waals surface area contributed by atoms with Gasteiger partial charge >= 0.3 is 0 Å². The molecule has 0 N–H and O–H groups in total. The summed E-state index contributed by atoms with van der Waals surface area (Å²) in [5, 5.41) is 0. The van der Waals surface area contributed by atoms with Gasteiger partial charge in [-0.1, -0.05) is 12.2 Å². The van der Waals surface area contributed by atoms with Gasteiger partial charge in [-0.3, -0.25) is 0 Å². The van der Waals surface area contributed by atoms with Crippen molar-refractivity contribution in [2.45, 2.75) is 39.5 Å². The summed E-state index contributed by atoms with van der Waals surface area (Å²) in [5.74, 6) is 2.36. The van der Waals surface area contributed by atoms with Crippen LogP contribution < -0.4 is 0 Å². The average molecular weight is 220 g/mol. The van der Waals surface area contributed by atoms with E-state index < -0.39 is 0 Å². The van der Waals surface area contributed by atoms with Crippen LogP contribution in [0.5, 0.6) is 0 Å². The number of rotatable bonds is 4. The quantitative estimate of drug-likeness (QED) is 0.652. The third-order valence-corrected chi connectivity index (χ3v) is 2.22. The van der Waals surface area contributed by atoms with E-state index in [4.69, 9.17) is 9.47 Å². The van der Waals surface area contributed by atoms with E-state index in [1.54, 1.807) is 12.5 Å². The van der Waals surface area contributed by atoms with Gasteiger partial charge in [0, 0.05) is 12.8 Å². The third kappa shape index (κ3) is 4.87. The van der Waals surface area contributed by atoms with Crippen molar-refractivity contribution >= 4 is 0 Å². The molecule has 0 aromatic rings. The van der Waals surface area contributed by atoms with Gasteiger partial charge in [-0.05, 0) is 38.8 Å². The zero-order valence-corrected chi connectivity index (χ0v) is 10.1. The molecule has 0 atom stereocenters. The number of ether oxygens (including phenoxy) is 2. The molecule has 0 spiro atoms. The number of allylic oxidation sites excluding steroid dienone is 6. The predicted octanol–water partition coefficient (Wildman–Crippen LogP) is 4.43. The Morgan fingerprint density at radius 1 is 0.938 bits per heavy atom. The van der Waals surface area contributed by atoms with Gasteiger partial charge in [-0.15, -0.1) is 0 Å². The molecule has 0 amide bonds. The molecule has 0 aromatic carbocycles. The number of hydrogen-bond acceptors (Lipinski definition) is 2. The Hall–Kier alpha value is -1.44. The van der Waals surface area contributed by atoms with E-state index in [1.165, 1.54) is 24.4 Å². The molecule has 0 unspecified atom stereocenters. The summed E-state index contributed by atoms with van der Waals surface area (Å²) < 4.78 is 10.2. The van der Waals surface area contributed by atoms with Crippen molar-refractivity contribution < 1.29 is 9.47 Å². The van der Waals surface area contributed by atoms with Crippen molar-refractivity contribution in [3.05, 3.63) is 48.3 Å². The highest BCUT2D eigenvalue weighted by molar-refractivity contribution is 5.13. The summed E-state index contributed by atoms with van der Waals surface area (Å²) in [4.78, 5) is 0. The molecule has 2 aliphatic rings. The molecule has 88 valence electrons. The molecule has 2 rings (SSSR count). The van der Waals surface area contributed by atoms with Crippen molar-refractivity contribution in [3.8, 4) is 0 Å². The van der Waals surface area contributed by atoms with E-state index in [2.05, 4.69) is 12.2 Å². The molecule has 0 saturated heterocycles. The number of hydrogen-bond donors (Lipinski definition) is 0. The summed E-state index contributed by atoms with van der Waals surface area (Å²) in [6.07, 6.45) is 15.9. The molecule has 0 bridgehead atoms. The summed E-state index contributed by atoms with van der Waals surface area (Å²) in [7, 11) is 0. The third-order valence-electron chi connectivity index (χ3n) is 2.22. The summed E-state index contributed by atoms with van der Waals surface area (Å²) in [6, 6.07) is 0. The van der Waals surface area contributed by atoms with Crippen LogP contribution in [0.3, 0.4) is 0 Å². The monoisotopic (exact) mass is 220 g/mol. The molecule has 2 heteroatoms. The van der Waals surface area contributed by atoms with Gasteiger partial charge < -0.3 is 9.47 Å². The van der Waals surface area contributed by atoms with E-state index in [9.17, 15) is 0 Å². The van der Waals surface area contributed by atoms with E-state index in [-0.39, 0.29) is 0 Å². The van der Waals surface area contributed by atoms with Gasteiger partial charge in [-0.2, -0.15) is 0 Å². The second-order valence-electron chi connectivity index (χ2n) is 3.60. The average Bonchev–Trinajstić information content (AvgIpc) is 2.15. The van der Waals surface area contributed by atoms with Gasteiger partial charge in [0.2, 0.25) is 0 Å². The Balaban J connectivity index is 0.000000168. The topological polar surface area (TPSA) is 18.5 Å². The van der Waals surface area contributed by atoms with Crippen LogP contribution in [-0.4, -0.2) is 0 Å². The van der Waals surface area contributed by atoms with Crippen LogP contribution in [-0.2, 0) is 9.47 Å². The Morgan fingerprint density at radius 3 is 1.62 bits per heavy atom. The molecular formula is C14H20O2. The Bertz CT molecular complexity index is 279. The molecule has 16 heavy (non-hydrogen) atoms. The largest absolute Gasteiger partial charge is 0.473 e. The van der Waals surface area contributed by atoms with E-state index in [1.807, 2.05) is 26.0 Å². The zero-order chi connectivity index (χ0) is 11.6. The van der Waals surface area contributed by atoms with Crippen molar-refractivity contribution in [1.82, 2.24) is 0 Å². The minimum atomic E-state index is 1.15. The second-order valence-corrected chi connectivity index (χ2v) is 3.60. The standard InChI is InChI=1S/C8H10O.C6H10O/c1-3-7(4-1)9-8-5-2-6-8;1-3-5-7-6-4-2/h3,5H,1-2,4,6H2;3-6H,1-2H3. The molecular weight excluding hydrogens is 200 g/mol. The first-order valence-corrected chi connectivity index (χ1v) is 5.80. The van der Waals surface area contributed by atoms with Crippen LogP contribution in [0.25, 0.3) is 0 Å². The van der Waals surface area contributed by atoms with Crippen molar-refractivity contribution in [2.24, 2.45) is 0 Å². The van der Waals surface area contributed by atoms with E-state index in [0.717, 1.165) is 12.8 Å². The van der Waals surface area contributed by atoms with Crippen LogP contribution >= 0.6 is 0 Å². The fraction of sp³-hybridized carbons (Fsp3) is 0.429. The van der Waals surface area contributed by atoms with Crippen LogP contribution in [0.1, 0.15) is 39.5 Å². The normalized spacial score (nSPS) is 17.9. The Morgan fingerprint density at radius 2 is 1.38 bits per heavy atom. The first-order valence-electron chi connectivity index (χ1n) is 5.80. The second kappa shape index (κ2) is 7.80. The fourth-order valence-corrected chi connectivity index (χ4v) is 1.08. The highest BCUT2D eigenvalue weighted by Crippen LogP contribution is 2.27. The molecule has 0 aromatic heterocycles. The first-order chi connectivity index (χ1) is 7.86. The van der Waals surface area contributed by atoms with E-state index >= 15 is 0 Å². The maximum atomic E-state index is 5.44. The molecule has 0 saturated carbocycles. The van der Waals surface area contributed by atoms with Crippen LogP contribution in [0, 0.1) is 0 Å². The maximum absolute atomic E-state index is 5.44. The highest BCUT2D eigenvalue weighted by Gasteiger charge is 2.12. The summed E-state index contributed by atoms with van der Waals surface area (Å²) in [5.41, 5.74) is 0. The predicted molar refractivity (Wildman–Crippen MR) is 66.4 cm³/mol. The lowest BCUT2D eigenvalue weighted by molar-refractivity contribution is 0.247. The van der Waals surface area contributed by atoms with Crippen LogP contribution in [0.4, 0.5) is 0 Å². The van der Waals surface area contributed by atoms with Gasteiger partial charge in [0.25, 0.3) is 0 Å². The van der Waals surface area contributed by atoms with E-state index in [0.29, 0.717) is 0 Å². The lowest BCUT2D eigenvalue weighted by Crippen LogP contribution is -2.03. The molecule has 0 radical (unpaired) electrons. The zero-order valence-electron chi connectivity index (χ0n) is 10.1. The molecule has 2 aliphatic carbocycles. The summed E-state index contributed by atoms with van der Waals surface area (Å²) >= 11 is 0. The fourth-order valence-electron chi connectivity index (χ4n) is 1.08. The van der Waals surface area contributed by atoms with Crippen molar-refractivity contribution in [3.63, 3.8) is 0 Å². The van der Waals surface area contributed by atoms with Crippen molar-refractivity contribution in [1.29, 1.82) is 0 Å². The Labute approximate surface area is 97.9 Å². The molecule has 0 fully saturated rings. The molecule has 0 aliphatic heterocycles. The van der Waals surface area contributed by atoms with Crippen LogP contribution in [0.15, 0.2) is 48.3 Å². The SMILES string of the molecule is C1=C(OC2=CCC2)CC1.CC=COC=CC. The minimum absolute atomic E-state index is 1.15. The van der Waals surface area contributed by atoms with Gasteiger partial charge in [0.05, 0.1) is 24.0 Å². The maximum Gasteiger partial charge on any atom is 0.0999 e. The Kier molecular flexibility index (Phi) is 6.16. The van der Waals surface area contributed by atoms with Gasteiger partial charge in [0.15, 0.2) is 0 Å². The first kappa shape index (κ1) is 12.6. The highest BCUT2D eigenvalue weighted by atomic mass is 16.5. The molecule has 2 nitrogen and oxygen atoms in total. The van der Waals surface area contributed by atoms with Crippen LogP contribution in [0.2, 0.25) is 0 Å². The van der Waals surface area contributed by atoms with Gasteiger partial charge in [0.1, 0.15) is 0 Å². The lowest BCUT2D eigenvalue weighted by atomic mass is 10.1.